The predicted molar refractivity (Wildman–Crippen MR) is 107 cm³/mol. The van der Waals surface area contributed by atoms with E-state index in [4.69, 9.17) is 11.6 Å². The molecule has 0 radical (unpaired) electrons. The van der Waals surface area contributed by atoms with Crippen LogP contribution in [0.15, 0.2) is 48.8 Å². The van der Waals surface area contributed by atoms with E-state index in [2.05, 4.69) is 10.3 Å². The molecule has 0 aliphatic carbocycles. The monoisotopic (exact) mass is 411 g/mol. The molecule has 1 aliphatic heterocycles. The van der Waals surface area contributed by atoms with Gasteiger partial charge in [0.25, 0.3) is 17.7 Å². The second kappa shape index (κ2) is 7.18. The van der Waals surface area contributed by atoms with E-state index in [1.54, 1.807) is 12.1 Å². The third-order valence-electron chi connectivity index (χ3n) is 4.35. The number of benzene rings is 1. The van der Waals surface area contributed by atoms with Crippen LogP contribution in [0.4, 0.5) is 5.69 Å². The van der Waals surface area contributed by atoms with Gasteiger partial charge in [0, 0.05) is 6.20 Å². The third-order valence-corrected chi connectivity index (χ3v) is 5.58. The molecule has 3 amide bonds. The summed E-state index contributed by atoms with van der Waals surface area (Å²) in [7, 11) is 0. The molecule has 3 aromatic rings. The Hall–Kier alpha value is -3.03. The van der Waals surface area contributed by atoms with E-state index in [1.165, 1.54) is 17.3 Å². The van der Waals surface area contributed by atoms with E-state index < -0.39 is 17.7 Å². The highest BCUT2D eigenvalue weighted by Gasteiger charge is 2.38. The zero-order chi connectivity index (χ0) is 19.8. The first-order chi connectivity index (χ1) is 13.4. The van der Waals surface area contributed by atoms with Gasteiger partial charge in [0.05, 0.1) is 38.8 Å². The minimum Gasteiger partial charge on any atom is -0.319 e. The number of rotatable bonds is 4. The number of imide groups is 1. The number of hydrogen-bond acceptors (Lipinski definition) is 5. The first-order valence-electron chi connectivity index (χ1n) is 8.40. The van der Waals surface area contributed by atoms with Crippen LogP contribution in [-0.2, 0) is 6.54 Å². The standard InChI is InChI=1S/C20H14ClN3O3S/c1-11-3-2-4-12(7-11)10-24-19(26)13-8-22-9-14(17(13)20(24)27)23-18(25)15-5-6-16(21)28-15/h2-9H,10H2,1H3,(H,23,25). The summed E-state index contributed by atoms with van der Waals surface area (Å²) in [5, 5.41) is 2.67. The lowest BCUT2D eigenvalue weighted by molar-refractivity contribution is 0.0642. The van der Waals surface area contributed by atoms with Crippen molar-refractivity contribution in [3.05, 3.63) is 80.3 Å². The molecule has 0 spiro atoms. The number of pyridine rings is 1. The van der Waals surface area contributed by atoms with Crippen molar-refractivity contribution in [3.63, 3.8) is 0 Å². The zero-order valence-electron chi connectivity index (χ0n) is 14.7. The van der Waals surface area contributed by atoms with Gasteiger partial charge in [-0.2, -0.15) is 0 Å². The van der Waals surface area contributed by atoms with E-state index in [0.717, 1.165) is 22.5 Å². The molecular formula is C20H14ClN3O3S. The normalized spacial score (nSPS) is 13.0. The van der Waals surface area contributed by atoms with Crippen molar-refractivity contribution < 1.29 is 14.4 Å². The first-order valence-corrected chi connectivity index (χ1v) is 9.60. The number of anilines is 1. The van der Waals surface area contributed by atoms with Crippen LogP contribution >= 0.6 is 22.9 Å². The van der Waals surface area contributed by atoms with Gasteiger partial charge in [-0.05, 0) is 24.6 Å². The zero-order valence-corrected chi connectivity index (χ0v) is 16.3. The van der Waals surface area contributed by atoms with Crippen molar-refractivity contribution >= 4 is 46.3 Å². The Morgan fingerprint density at radius 1 is 1.18 bits per heavy atom. The van der Waals surface area contributed by atoms with Crippen LogP contribution in [0.3, 0.4) is 0 Å². The van der Waals surface area contributed by atoms with Crippen LogP contribution in [0.5, 0.6) is 0 Å². The van der Waals surface area contributed by atoms with Crippen molar-refractivity contribution in [1.82, 2.24) is 9.88 Å². The molecule has 2 aromatic heterocycles. The molecule has 1 aromatic carbocycles. The highest BCUT2D eigenvalue weighted by Crippen LogP contribution is 2.30. The minimum absolute atomic E-state index is 0.155. The van der Waals surface area contributed by atoms with Gasteiger partial charge in [-0.1, -0.05) is 41.4 Å². The summed E-state index contributed by atoms with van der Waals surface area (Å²) < 4.78 is 0.483. The van der Waals surface area contributed by atoms with E-state index >= 15 is 0 Å². The average molecular weight is 412 g/mol. The molecular weight excluding hydrogens is 398 g/mol. The topological polar surface area (TPSA) is 79.4 Å². The number of carbonyl (C=O) groups is 3. The molecule has 4 rings (SSSR count). The van der Waals surface area contributed by atoms with E-state index in [-0.39, 0.29) is 23.4 Å². The summed E-state index contributed by atoms with van der Waals surface area (Å²) in [6, 6.07) is 10.8. The molecule has 3 heterocycles. The number of aromatic nitrogens is 1. The van der Waals surface area contributed by atoms with Gasteiger partial charge in [-0.3, -0.25) is 24.3 Å². The highest BCUT2D eigenvalue weighted by atomic mass is 35.5. The van der Waals surface area contributed by atoms with Gasteiger partial charge in [0.2, 0.25) is 0 Å². The fraction of sp³-hybridized carbons (Fsp3) is 0.100. The summed E-state index contributed by atoms with van der Waals surface area (Å²) in [4.78, 5) is 43.7. The molecule has 28 heavy (non-hydrogen) atoms. The van der Waals surface area contributed by atoms with E-state index in [9.17, 15) is 14.4 Å². The van der Waals surface area contributed by atoms with Gasteiger partial charge < -0.3 is 5.32 Å². The van der Waals surface area contributed by atoms with Gasteiger partial charge in [0.15, 0.2) is 0 Å². The highest BCUT2D eigenvalue weighted by molar-refractivity contribution is 7.18. The number of amides is 3. The number of carbonyl (C=O) groups excluding carboxylic acids is 3. The number of fused-ring (bicyclic) bond motifs is 1. The molecule has 0 atom stereocenters. The molecule has 0 fully saturated rings. The summed E-state index contributed by atoms with van der Waals surface area (Å²) in [6.45, 7) is 2.10. The summed E-state index contributed by atoms with van der Waals surface area (Å²) >= 11 is 7.00. The molecule has 0 unspecified atom stereocenters. The largest absolute Gasteiger partial charge is 0.319 e. The van der Waals surface area contributed by atoms with E-state index in [0.29, 0.717) is 9.21 Å². The second-order valence-electron chi connectivity index (χ2n) is 6.35. The van der Waals surface area contributed by atoms with Crippen LogP contribution in [0.2, 0.25) is 4.34 Å². The molecule has 8 heteroatoms. The van der Waals surface area contributed by atoms with Crippen LogP contribution in [-0.4, -0.2) is 27.6 Å². The third kappa shape index (κ3) is 3.30. The maximum absolute atomic E-state index is 12.9. The molecule has 0 saturated carbocycles. The lowest BCUT2D eigenvalue weighted by atomic mass is 10.1. The van der Waals surface area contributed by atoms with Crippen molar-refractivity contribution in [1.29, 1.82) is 0 Å². The fourth-order valence-electron chi connectivity index (χ4n) is 3.08. The molecule has 140 valence electrons. The Kier molecular flexibility index (Phi) is 4.70. The lowest BCUT2D eigenvalue weighted by Gasteiger charge is -2.14. The Labute approximate surface area is 169 Å². The first kappa shape index (κ1) is 18.3. The number of thiophene rings is 1. The second-order valence-corrected chi connectivity index (χ2v) is 8.07. The molecule has 0 saturated heterocycles. The van der Waals surface area contributed by atoms with Crippen molar-refractivity contribution in [2.24, 2.45) is 0 Å². The van der Waals surface area contributed by atoms with Gasteiger partial charge in [0.1, 0.15) is 0 Å². The number of halogens is 1. The van der Waals surface area contributed by atoms with Crippen molar-refractivity contribution in [2.75, 3.05) is 5.32 Å². The predicted octanol–water partition coefficient (Wildman–Crippen LogP) is 4.15. The summed E-state index contributed by atoms with van der Waals surface area (Å²) in [6.07, 6.45) is 2.72. The van der Waals surface area contributed by atoms with Crippen LogP contribution in [0, 0.1) is 6.92 Å². The number of aryl methyl sites for hydroxylation is 1. The molecule has 1 aliphatic rings. The van der Waals surface area contributed by atoms with Gasteiger partial charge in [-0.15, -0.1) is 11.3 Å². The van der Waals surface area contributed by atoms with Crippen LogP contribution in [0.1, 0.15) is 41.5 Å². The Morgan fingerprint density at radius 2 is 2.00 bits per heavy atom. The van der Waals surface area contributed by atoms with Gasteiger partial charge >= 0.3 is 0 Å². The van der Waals surface area contributed by atoms with Gasteiger partial charge in [-0.25, -0.2) is 0 Å². The summed E-state index contributed by atoms with van der Waals surface area (Å²) in [5.41, 5.74) is 2.43. The van der Waals surface area contributed by atoms with E-state index in [1.807, 2.05) is 31.2 Å². The molecule has 0 bridgehead atoms. The average Bonchev–Trinajstić information content (AvgIpc) is 3.20. The van der Waals surface area contributed by atoms with Crippen molar-refractivity contribution in [2.45, 2.75) is 13.5 Å². The van der Waals surface area contributed by atoms with Crippen LogP contribution in [0.25, 0.3) is 0 Å². The molecule has 6 nitrogen and oxygen atoms in total. The number of nitrogens with one attached hydrogen (secondary N) is 1. The Balaban J connectivity index is 1.63. The summed E-state index contributed by atoms with van der Waals surface area (Å²) in [5.74, 6) is -1.29. The number of nitrogens with zero attached hydrogens (tertiary/aromatic N) is 2. The quantitative estimate of drug-likeness (QED) is 0.654. The lowest BCUT2D eigenvalue weighted by Crippen LogP contribution is -2.29. The maximum Gasteiger partial charge on any atom is 0.265 e. The van der Waals surface area contributed by atoms with Crippen molar-refractivity contribution in [3.8, 4) is 0 Å². The SMILES string of the molecule is Cc1cccc(CN2C(=O)c3cncc(NC(=O)c4ccc(Cl)s4)c3C2=O)c1. The maximum atomic E-state index is 12.9. The minimum atomic E-state index is -0.455. The number of hydrogen-bond donors (Lipinski definition) is 1. The smallest absolute Gasteiger partial charge is 0.265 e. The Bertz CT molecular complexity index is 1130. The van der Waals surface area contributed by atoms with Crippen LogP contribution < -0.4 is 5.32 Å². The molecule has 1 N–H and O–H groups in total. The fourth-order valence-corrected chi connectivity index (χ4v) is 4.02. The Morgan fingerprint density at radius 3 is 2.71 bits per heavy atom.